The SMILES string of the molecule is O=Cc1ccnc(-c2cc(C=O)ccn2)c1.[Au+3]. The largest absolute Gasteiger partial charge is 3.00 e. The molecule has 2 rings (SSSR count). The molecule has 0 aliphatic carbocycles. The molecule has 0 fully saturated rings. The summed E-state index contributed by atoms with van der Waals surface area (Å²) in [5.41, 5.74) is 2.22. The van der Waals surface area contributed by atoms with Gasteiger partial charge in [-0.05, 0) is 24.3 Å². The van der Waals surface area contributed by atoms with Crippen LogP contribution in [0.3, 0.4) is 0 Å². The molecule has 0 spiro atoms. The van der Waals surface area contributed by atoms with E-state index in [1.807, 2.05) is 0 Å². The second-order valence-corrected chi connectivity index (χ2v) is 3.18. The van der Waals surface area contributed by atoms with Crippen molar-refractivity contribution >= 4 is 12.6 Å². The number of hydrogen-bond donors (Lipinski definition) is 0. The van der Waals surface area contributed by atoms with E-state index in [9.17, 15) is 9.59 Å². The van der Waals surface area contributed by atoms with Crippen molar-refractivity contribution in [2.45, 2.75) is 0 Å². The smallest absolute Gasteiger partial charge is 0.298 e. The van der Waals surface area contributed by atoms with Crippen molar-refractivity contribution in [2.75, 3.05) is 0 Å². The van der Waals surface area contributed by atoms with Gasteiger partial charge in [0.2, 0.25) is 0 Å². The number of nitrogens with zero attached hydrogens (tertiary/aromatic N) is 2. The molecule has 0 saturated heterocycles. The zero-order valence-corrected chi connectivity index (χ0v) is 10.8. The van der Waals surface area contributed by atoms with Gasteiger partial charge in [-0.25, -0.2) is 0 Å². The molecule has 4 nitrogen and oxygen atoms in total. The molecule has 2 heterocycles. The Hall–Kier alpha value is -1.62. The van der Waals surface area contributed by atoms with Crippen LogP contribution in [0.4, 0.5) is 0 Å². The van der Waals surface area contributed by atoms with Gasteiger partial charge in [0.25, 0.3) is 0 Å². The molecule has 0 atom stereocenters. The van der Waals surface area contributed by atoms with E-state index < -0.39 is 0 Å². The molecule has 5 heteroatoms. The van der Waals surface area contributed by atoms with Crippen molar-refractivity contribution in [3.8, 4) is 11.4 Å². The van der Waals surface area contributed by atoms with Gasteiger partial charge in [-0.3, -0.25) is 19.6 Å². The van der Waals surface area contributed by atoms with Gasteiger partial charge < -0.3 is 0 Å². The number of carbonyl (C=O) groups is 2. The van der Waals surface area contributed by atoms with E-state index >= 15 is 0 Å². The van der Waals surface area contributed by atoms with Crippen molar-refractivity contribution in [3.63, 3.8) is 0 Å². The van der Waals surface area contributed by atoms with E-state index in [1.165, 1.54) is 12.4 Å². The number of pyridine rings is 2. The topological polar surface area (TPSA) is 59.9 Å². The van der Waals surface area contributed by atoms with Crippen LogP contribution in [0, 0.1) is 0 Å². The van der Waals surface area contributed by atoms with Gasteiger partial charge in [-0.15, -0.1) is 0 Å². The van der Waals surface area contributed by atoms with Crippen molar-refractivity contribution in [1.29, 1.82) is 0 Å². The van der Waals surface area contributed by atoms with Crippen LogP contribution in [0.25, 0.3) is 11.4 Å². The molecule has 2 aromatic heterocycles. The molecular weight excluding hydrogens is 401 g/mol. The minimum Gasteiger partial charge on any atom is -0.298 e. The monoisotopic (exact) mass is 409 g/mol. The Morgan fingerprint density at radius 3 is 1.59 bits per heavy atom. The first-order valence-corrected chi connectivity index (χ1v) is 4.66. The Labute approximate surface area is 114 Å². The summed E-state index contributed by atoms with van der Waals surface area (Å²) in [7, 11) is 0. The summed E-state index contributed by atoms with van der Waals surface area (Å²) in [6.07, 6.45) is 4.56. The normalized spacial score (nSPS) is 9.18. The first-order chi connectivity index (χ1) is 7.83. The number of aromatic nitrogens is 2. The summed E-state index contributed by atoms with van der Waals surface area (Å²) in [5.74, 6) is 0. The summed E-state index contributed by atoms with van der Waals surface area (Å²) in [6.45, 7) is 0. The van der Waals surface area contributed by atoms with Crippen LogP contribution in [0.2, 0.25) is 0 Å². The fourth-order valence-corrected chi connectivity index (χ4v) is 1.32. The molecule has 0 N–H and O–H groups in total. The number of rotatable bonds is 3. The number of aldehydes is 2. The molecule has 0 unspecified atom stereocenters. The van der Waals surface area contributed by atoms with Gasteiger partial charge in [0.05, 0.1) is 11.4 Å². The summed E-state index contributed by atoms with van der Waals surface area (Å²) < 4.78 is 0. The van der Waals surface area contributed by atoms with Crippen molar-refractivity contribution < 1.29 is 32.0 Å². The quantitative estimate of drug-likeness (QED) is 0.573. The minimum atomic E-state index is 0. The molecule has 0 radical (unpaired) electrons. The molecule has 0 amide bonds. The minimum absolute atomic E-state index is 0. The Bertz CT molecular complexity index is 494. The maximum Gasteiger partial charge on any atom is 3.00 e. The number of carbonyl (C=O) groups excluding carboxylic acids is 2. The number of hydrogen-bond acceptors (Lipinski definition) is 4. The third kappa shape index (κ3) is 3.17. The zero-order valence-electron chi connectivity index (χ0n) is 8.63. The van der Waals surface area contributed by atoms with E-state index in [-0.39, 0.29) is 22.4 Å². The Morgan fingerprint density at radius 2 is 1.24 bits per heavy atom. The molecule has 2 aromatic rings. The molecule has 0 aliphatic rings. The van der Waals surface area contributed by atoms with Gasteiger partial charge in [0.1, 0.15) is 12.6 Å². The maximum atomic E-state index is 10.6. The maximum absolute atomic E-state index is 10.6. The van der Waals surface area contributed by atoms with Crippen LogP contribution in [-0.4, -0.2) is 22.5 Å². The molecule has 86 valence electrons. The van der Waals surface area contributed by atoms with Gasteiger partial charge >= 0.3 is 22.4 Å². The molecular formula is C12H8AuN2O2+3. The van der Waals surface area contributed by atoms with Crippen LogP contribution >= 0.6 is 0 Å². The summed E-state index contributed by atoms with van der Waals surface area (Å²) in [4.78, 5) is 29.4. The average molecular weight is 409 g/mol. The zero-order chi connectivity index (χ0) is 11.4. The predicted molar refractivity (Wildman–Crippen MR) is 58.2 cm³/mol. The molecule has 0 bridgehead atoms. The van der Waals surface area contributed by atoms with E-state index in [4.69, 9.17) is 0 Å². The summed E-state index contributed by atoms with van der Waals surface area (Å²) in [5, 5.41) is 0. The van der Waals surface area contributed by atoms with E-state index in [0.29, 0.717) is 22.5 Å². The van der Waals surface area contributed by atoms with Crippen LogP contribution in [0.5, 0.6) is 0 Å². The van der Waals surface area contributed by atoms with Crippen LogP contribution in [0.15, 0.2) is 36.7 Å². The van der Waals surface area contributed by atoms with Crippen molar-refractivity contribution in [2.24, 2.45) is 0 Å². The Kier molecular flexibility index (Phi) is 4.90. The third-order valence-corrected chi connectivity index (χ3v) is 2.10. The predicted octanol–water partition coefficient (Wildman–Crippen LogP) is 1.77. The van der Waals surface area contributed by atoms with Crippen LogP contribution in [-0.2, 0) is 22.4 Å². The van der Waals surface area contributed by atoms with Gasteiger partial charge in [0, 0.05) is 23.5 Å². The Balaban J connectivity index is 0.00000144. The van der Waals surface area contributed by atoms with E-state index in [2.05, 4.69) is 9.97 Å². The van der Waals surface area contributed by atoms with E-state index in [0.717, 1.165) is 12.6 Å². The van der Waals surface area contributed by atoms with Crippen LogP contribution in [0.1, 0.15) is 20.7 Å². The van der Waals surface area contributed by atoms with Crippen LogP contribution < -0.4 is 0 Å². The first-order valence-electron chi connectivity index (χ1n) is 4.66. The molecule has 0 aromatic carbocycles. The van der Waals surface area contributed by atoms with Gasteiger partial charge in [0.15, 0.2) is 0 Å². The van der Waals surface area contributed by atoms with Gasteiger partial charge in [-0.2, -0.15) is 0 Å². The summed E-state index contributed by atoms with van der Waals surface area (Å²) >= 11 is 0. The van der Waals surface area contributed by atoms with Gasteiger partial charge in [-0.1, -0.05) is 0 Å². The Morgan fingerprint density at radius 1 is 0.824 bits per heavy atom. The second kappa shape index (κ2) is 6.20. The fourth-order valence-electron chi connectivity index (χ4n) is 1.32. The van der Waals surface area contributed by atoms with Crippen molar-refractivity contribution in [1.82, 2.24) is 9.97 Å². The average Bonchev–Trinajstić information content (AvgIpc) is 2.39. The summed E-state index contributed by atoms with van der Waals surface area (Å²) in [6, 6.07) is 6.48. The van der Waals surface area contributed by atoms with E-state index in [1.54, 1.807) is 24.3 Å². The molecule has 17 heavy (non-hydrogen) atoms. The van der Waals surface area contributed by atoms with Crippen molar-refractivity contribution in [3.05, 3.63) is 47.8 Å². The second-order valence-electron chi connectivity index (χ2n) is 3.18. The first kappa shape index (κ1) is 13.4. The molecule has 0 aliphatic heterocycles. The standard InChI is InChI=1S/C12H8N2O2.Au/c15-7-9-1-3-13-11(5-9)12-6-10(8-16)2-4-14-12;/h1-8H;/q;+3. The fraction of sp³-hybridized carbons (Fsp3) is 0. The third-order valence-electron chi connectivity index (χ3n) is 2.10. The molecule has 0 saturated carbocycles.